The predicted octanol–water partition coefficient (Wildman–Crippen LogP) is 2.94. The molecular formula is C17H29IN4OS. The van der Waals surface area contributed by atoms with E-state index in [9.17, 15) is 0 Å². The van der Waals surface area contributed by atoms with Crippen LogP contribution in [0.3, 0.4) is 0 Å². The van der Waals surface area contributed by atoms with E-state index in [0.29, 0.717) is 5.41 Å². The van der Waals surface area contributed by atoms with Gasteiger partial charge in [0.1, 0.15) is 0 Å². The quantitative estimate of drug-likeness (QED) is 0.414. The molecule has 0 bridgehead atoms. The number of hydrogen-bond acceptors (Lipinski definition) is 4. The summed E-state index contributed by atoms with van der Waals surface area (Å²) in [7, 11) is 0. The van der Waals surface area contributed by atoms with Gasteiger partial charge < -0.3 is 15.0 Å². The molecule has 1 unspecified atom stereocenters. The summed E-state index contributed by atoms with van der Waals surface area (Å²) >= 11 is 1.81. The summed E-state index contributed by atoms with van der Waals surface area (Å²) < 4.78 is 5.63. The molecular weight excluding hydrogens is 435 g/mol. The highest BCUT2D eigenvalue weighted by Crippen LogP contribution is 2.38. The third kappa shape index (κ3) is 4.82. The first-order valence-electron chi connectivity index (χ1n) is 8.79. The van der Waals surface area contributed by atoms with Crippen LogP contribution in [0.1, 0.15) is 36.6 Å². The number of rotatable bonds is 5. The van der Waals surface area contributed by atoms with Gasteiger partial charge in [-0.05, 0) is 26.2 Å². The van der Waals surface area contributed by atoms with E-state index >= 15 is 0 Å². The van der Waals surface area contributed by atoms with Crippen molar-refractivity contribution in [2.24, 2.45) is 10.4 Å². The monoisotopic (exact) mass is 464 g/mol. The van der Waals surface area contributed by atoms with Crippen LogP contribution < -0.4 is 5.32 Å². The van der Waals surface area contributed by atoms with E-state index in [0.717, 1.165) is 58.2 Å². The SMILES string of the molecule is CCNC(=NCCc1ncc(CC)s1)N1CCC2(CCOC2)C1.I. The number of likely N-dealkylation sites (tertiary alicyclic amines) is 1. The number of thiazole rings is 1. The maximum absolute atomic E-state index is 5.63. The number of halogens is 1. The van der Waals surface area contributed by atoms with Crippen molar-refractivity contribution in [2.75, 3.05) is 39.4 Å². The van der Waals surface area contributed by atoms with Crippen molar-refractivity contribution in [1.82, 2.24) is 15.2 Å². The lowest BCUT2D eigenvalue weighted by atomic mass is 9.87. The number of aliphatic imine (C=N–C) groups is 1. The minimum atomic E-state index is 0. The van der Waals surface area contributed by atoms with Gasteiger partial charge in [0, 0.05) is 55.7 Å². The van der Waals surface area contributed by atoms with Gasteiger partial charge in [-0.3, -0.25) is 4.99 Å². The summed E-state index contributed by atoms with van der Waals surface area (Å²) in [6.07, 6.45) is 6.42. The van der Waals surface area contributed by atoms with Gasteiger partial charge in [0.05, 0.1) is 11.6 Å². The Morgan fingerprint density at radius 3 is 3.00 bits per heavy atom. The molecule has 0 aromatic carbocycles. The van der Waals surface area contributed by atoms with Crippen LogP contribution in [0.5, 0.6) is 0 Å². The van der Waals surface area contributed by atoms with E-state index in [4.69, 9.17) is 9.73 Å². The van der Waals surface area contributed by atoms with Crippen LogP contribution in [0.2, 0.25) is 0 Å². The van der Waals surface area contributed by atoms with Crippen molar-refractivity contribution in [3.63, 3.8) is 0 Å². The molecule has 1 aromatic rings. The smallest absolute Gasteiger partial charge is 0.193 e. The number of hydrogen-bond donors (Lipinski definition) is 1. The third-order valence-corrected chi connectivity index (χ3v) is 6.00. The van der Waals surface area contributed by atoms with Gasteiger partial charge in [0.15, 0.2) is 5.96 Å². The molecule has 3 heterocycles. The highest BCUT2D eigenvalue weighted by atomic mass is 127. The van der Waals surface area contributed by atoms with E-state index in [1.54, 1.807) is 0 Å². The Hall–Kier alpha value is -0.410. The van der Waals surface area contributed by atoms with Gasteiger partial charge in [0.25, 0.3) is 0 Å². The second-order valence-electron chi connectivity index (χ2n) is 6.53. The maximum atomic E-state index is 5.63. The first-order valence-corrected chi connectivity index (χ1v) is 9.61. The summed E-state index contributed by atoms with van der Waals surface area (Å²) in [4.78, 5) is 13.1. The Morgan fingerprint density at radius 1 is 1.46 bits per heavy atom. The Labute approximate surface area is 166 Å². The van der Waals surface area contributed by atoms with E-state index in [1.165, 1.54) is 22.7 Å². The summed E-state index contributed by atoms with van der Waals surface area (Å²) in [5.41, 5.74) is 0.377. The van der Waals surface area contributed by atoms with E-state index in [1.807, 2.05) is 17.5 Å². The van der Waals surface area contributed by atoms with Gasteiger partial charge in [-0.25, -0.2) is 4.98 Å². The summed E-state index contributed by atoms with van der Waals surface area (Å²) in [5.74, 6) is 1.06. The fourth-order valence-corrected chi connectivity index (χ4v) is 4.25. The number of guanidine groups is 1. The molecule has 1 atom stereocenters. The third-order valence-electron chi connectivity index (χ3n) is 4.79. The minimum Gasteiger partial charge on any atom is -0.381 e. The first-order chi connectivity index (χ1) is 11.2. The van der Waals surface area contributed by atoms with E-state index in [2.05, 4.69) is 29.0 Å². The fourth-order valence-electron chi connectivity index (χ4n) is 3.40. The number of aromatic nitrogens is 1. The molecule has 0 saturated carbocycles. The number of aryl methyl sites for hydroxylation is 1. The van der Waals surface area contributed by atoms with Crippen molar-refractivity contribution in [2.45, 2.75) is 39.5 Å². The van der Waals surface area contributed by atoms with Gasteiger partial charge in [0.2, 0.25) is 0 Å². The Morgan fingerprint density at radius 2 is 2.33 bits per heavy atom. The van der Waals surface area contributed by atoms with Crippen LogP contribution in [0.4, 0.5) is 0 Å². The van der Waals surface area contributed by atoms with E-state index < -0.39 is 0 Å². The number of nitrogens with one attached hydrogen (secondary N) is 1. The van der Waals surface area contributed by atoms with Gasteiger partial charge >= 0.3 is 0 Å². The van der Waals surface area contributed by atoms with Crippen LogP contribution in [-0.4, -0.2) is 55.2 Å². The van der Waals surface area contributed by atoms with Crippen LogP contribution in [0, 0.1) is 5.41 Å². The van der Waals surface area contributed by atoms with Gasteiger partial charge in [-0.1, -0.05) is 6.92 Å². The zero-order chi connectivity index (χ0) is 16.1. The zero-order valence-electron chi connectivity index (χ0n) is 14.7. The summed E-state index contributed by atoms with van der Waals surface area (Å²) in [6, 6.07) is 0. The van der Waals surface area contributed by atoms with Crippen LogP contribution in [0.25, 0.3) is 0 Å². The molecule has 5 nitrogen and oxygen atoms in total. The molecule has 2 fully saturated rings. The molecule has 1 aromatic heterocycles. The van der Waals surface area contributed by atoms with Crippen molar-refractivity contribution >= 4 is 41.3 Å². The lowest BCUT2D eigenvalue weighted by Gasteiger charge is -2.24. The lowest BCUT2D eigenvalue weighted by molar-refractivity contribution is 0.156. The molecule has 2 saturated heterocycles. The molecule has 24 heavy (non-hydrogen) atoms. The average Bonchev–Trinajstić information content (AvgIpc) is 3.29. The molecule has 2 aliphatic rings. The van der Waals surface area contributed by atoms with Crippen molar-refractivity contribution in [1.29, 1.82) is 0 Å². The van der Waals surface area contributed by atoms with Crippen LogP contribution in [0.15, 0.2) is 11.2 Å². The van der Waals surface area contributed by atoms with Gasteiger partial charge in [-0.2, -0.15) is 0 Å². The second-order valence-corrected chi connectivity index (χ2v) is 7.73. The molecule has 1 N–H and O–H groups in total. The predicted molar refractivity (Wildman–Crippen MR) is 111 cm³/mol. The highest BCUT2D eigenvalue weighted by Gasteiger charge is 2.42. The van der Waals surface area contributed by atoms with Crippen molar-refractivity contribution in [3.05, 3.63) is 16.1 Å². The molecule has 0 amide bonds. The first kappa shape index (κ1) is 19.9. The molecule has 0 radical (unpaired) electrons. The normalized spacial score (nSPS) is 23.8. The molecule has 2 aliphatic heterocycles. The summed E-state index contributed by atoms with van der Waals surface area (Å²) in [5, 5.41) is 4.65. The average molecular weight is 464 g/mol. The molecule has 3 rings (SSSR count). The molecule has 136 valence electrons. The molecule has 7 heteroatoms. The minimum absolute atomic E-state index is 0. The van der Waals surface area contributed by atoms with Crippen LogP contribution >= 0.6 is 35.3 Å². The van der Waals surface area contributed by atoms with Crippen LogP contribution in [-0.2, 0) is 17.6 Å². The fraction of sp³-hybridized carbons (Fsp3) is 0.765. The Balaban J connectivity index is 0.00000208. The van der Waals surface area contributed by atoms with Crippen molar-refractivity contribution in [3.8, 4) is 0 Å². The Kier molecular flexibility index (Phi) is 7.74. The van der Waals surface area contributed by atoms with Crippen molar-refractivity contribution < 1.29 is 4.74 Å². The highest BCUT2D eigenvalue weighted by molar-refractivity contribution is 14.0. The second kappa shape index (κ2) is 9.33. The summed E-state index contributed by atoms with van der Waals surface area (Å²) in [6.45, 7) is 10.0. The number of ether oxygens (including phenoxy) is 1. The molecule has 1 spiro atoms. The largest absolute Gasteiger partial charge is 0.381 e. The molecule has 0 aliphatic carbocycles. The lowest BCUT2D eigenvalue weighted by Crippen LogP contribution is -2.41. The Bertz CT molecular complexity index is 542. The van der Waals surface area contributed by atoms with Gasteiger partial charge in [-0.15, -0.1) is 35.3 Å². The zero-order valence-corrected chi connectivity index (χ0v) is 17.9. The maximum Gasteiger partial charge on any atom is 0.193 e. The number of nitrogens with zero attached hydrogens (tertiary/aromatic N) is 3. The standard InChI is InChI=1S/C17H28N4OS.HI/c1-3-14-11-20-15(23-14)5-8-19-16(18-4-2)21-9-6-17(12-21)7-10-22-13-17;/h11H,3-10,12-13H2,1-2H3,(H,18,19);1H. The van der Waals surface area contributed by atoms with E-state index in [-0.39, 0.29) is 24.0 Å². The topological polar surface area (TPSA) is 49.8 Å².